The molecule has 1 heteroatoms. The third-order valence-electron chi connectivity index (χ3n) is 3.87. The molecule has 0 aromatic heterocycles. The Morgan fingerprint density at radius 1 is 1.12 bits per heavy atom. The van der Waals surface area contributed by atoms with Crippen molar-refractivity contribution in [3.05, 3.63) is 35.9 Å². The average Bonchev–Trinajstić information content (AvgIpc) is 2.31. The number of benzene rings is 1. The van der Waals surface area contributed by atoms with Crippen molar-refractivity contribution in [2.24, 2.45) is 17.8 Å². The summed E-state index contributed by atoms with van der Waals surface area (Å²) < 4.78 is 0. The predicted molar refractivity (Wildman–Crippen MR) is 74.1 cm³/mol. The van der Waals surface area contributed by atoms with Crippen LogP contribution in [-0.4, -0.2) is 13.1 Å². The summed E-state index contributed by atoms with van der Waals surface area (Å²) in [5.74, 6) is 2.59. The first-order valence-corrected chi connectivity index (χ1v) is 7.00. The van der Waals surface area contributed by atoms with E-state index < -0.39 is 0 Å². The van der Waals surface area contributed by atoms with Gasteiger partial charge in [-0.3, -0.25) is 0 Å². The first kappa shape index (κ1) is 12.6. The second-order valence-electron chi connectivity index (χ2n) is 5.84. The molecule has 0 bridgehead atoms. The molecule has 0 saturated heterocycles. The smallest absolute Gasteiger partial charge is 0.00176 e. The molecule has 2 atom stereocenters. The van der Waals surface area contributed by atoms with Gasteiger partial charge in [0.15, 0.2) is 0 Å². The highest BCUT2D eigenvalue weighted by Crippen LogP contribution is 2.36. The standard InChI is InChI=1S/C16H25N/c1-13(2)11-17-12-16-9-8-15(16)10-14-6-4-3-5-7-14/h3-7,13,15-17H,8-12H2,1-2H3. The molecule has 0 heterocycles. The number of nitrogens with one attached hydrogen (secondary N) is 1. The van der Waals surface area contributed by atoms with Crippen LogP contribution in [0.1, 0.15) is 32.3 Å². The molecule has 1 saturated carbocycles. The molecule has 1 nitrogen and oxygen atoms in total. The maximum absolute atomic E-state index is 3.60. The Balaban J connectivity index is 1.72. The third kappa shape index (κ3) is 3.85. The second kappa shape index (κ2) is 6.20. The summed E-state index contributed by atoms with van der Waals surface area (Å²) in [5, 5.41) is 3.60. The number of rotatable bonds is 6. The predicted octanol–water partition coefficient (Wildman–Crippen LogP) is 3.50. The van der Waals surface area contributed by atoms with E-state index in [0.29, 0.717) is 0 Å². The van der Waals surface area contributed by atoms with E-state index in [-0.39, 0.29) is 0 Å². The normalized spacial score (nSPS) is 23.7. The van der Waals surface area contributed by atoms with Gasteiger partial charge in [-0.1, -0.05) is 44.2 Å². The van der Waals surface area contributed by atoms with Gasteiger partial charge in [-0.05, 0) is 55.7 Å². The Hall–Kier alpha value is -0.820. The van der Waals surface area contributed by atoms with Crippen LogP contribution in [0.2, 0.25) is 0 Å². The van der Waals surface area contributed by atoms with E-state index in [9.17, 15) is 0 Å². The maximum atomic E-state index is 3.60. The molecule has 0 radical (unpaired) electrons. The molecule has 0 aliphatic heterocycles. The summed E-state index contributed by atoms with van der Waals surface area (Å²) in [6, 6.07) is 10.9. The van der Waals surface area contributed by atoms with Crippen molar-refractivity contribution in [2.45, 2.75) is 33.1 Å². The second-order valence-corrected chi connectivity index (χ2v) is 5.84. The fourth-order valence-electron chi connectivity index (χ4n) is 2.65. The highest BCUT2D eigenvalue weighted by molar-refractivity contribution is 5.16. The van der Waals surface area contributed by atoms with E-state index in [4.69, 9.17) is 0 Å². The zero-order chi connectivity index (χ0) is 12.1. The van der Waals surface area contributed by atoms with Crippen LogP contribution in [0.5, 0.6) is 0 Å². The van der Waals surface area contributed by atoms with Crippen molar-refractivity contribution in [1.82, 2.24) is 5.32 Å². The Bertz CT molecular complexity index is 318. The molecule has 0 spiro atoms. The topological polar surface area (TPSA) is 12.0 Å². The van der Waals surface area contributed by atoms with E-state index in [0.717, 1.165) is 24.3 Å². The first-order chi connectivity index (χ1) is 8.25. The van der Waals surface area contributed by atoms with E-state index in [2.05, 4.69) is 49.5 Å². The summed E-state index contributed by atoms with van der Waals surface area (Å²) in [7, 11) is 0. The van der Waals surface area contributed by atoms with E-state index >= 15 is 0 Å². The summed E-state index contributed by atoms with van der Waals surface area (Å²) >= 11 is 0. The minimum absolute atomic E-state index is 0.766. The molecule has 17 heavy (non-hydrogen) atoms. The average molecular weight is 231 g/mol. The highest BCUT2D eigenvalue weighted by Gasteiger charge is 2.30. The van der Waals surface area contributed by atoms with Gasteiger partial charge in [-0.2, -0.15) is 0 Å². The molecule has 1 aromatic carbocycles. The van der Waals surface area contributed by atoms with Gasteiger partial charge >= 0.3 is 0 Å². The van der Waals surface area contributed by atoms with Gasteiger partial charge in [-0.15, -0.1) is 0 Å². The molecule has 2 rings (SSSR count). The van der Waals surface area contributed by atoms with Crippen LogP contribution in [0, 0.1) is 17.8 Å². The minimum atomic E-state index is 0.766. The van der Waals surface area contributed by atoms with Crippen LogP contribution in [0.15, 0.2) is 30.3 Å². The van der Waals surface area contributed by atoms with Gasteiger partial charge in [0.2, 0.25) is 0 Å². The lowest BCUT2D eigenvalue weighted by atomic mass is 9.70. The Labute approximate surface area is 106 Å². The van der Waals surface area contributed by atoms with Gasteiger partial charge in [0.05, 0.1) is 0 Å². The monoisotopic (exact) mass is 231 g/mol. The molecule has 1 aliphatic carbocycles. The highest BCUT2D eigenvalue weighted by atomic mass is 14.9. The summed E-state index contributed by atoms with van der Waals surface area (Å²) in [6.07, 6.45) is 4.11. The number of hydrogen-bond donors (Lipinski definition) is 1. The number of hydrogen-bond acceptors (Lipinski definition) is 1. The lowest BCUT2D eigenvalue weighted by Gasteiger charge is -2.37. The van der Waals surface area contributed by atoms with Crippen LogP contribution in [0.4, 0.5) is 0 Å². The minimum Gasteiger partial charge on any atom is -0.316 e. The maximum Gasteiger partial charge on any atom is -0.00176 e. The molecular weight excluding hydrogens is 206 g/mol. The van der Waals surface area contributed by atoms with Gasteiger partial charge in [-0.25, -0.2) is 0 Å². The Morgan fingerprint density at radius 3 is 2.41 bits per heavy atom. The Morgan fingerprint density at radius 2 is 1.82 bits per heavy atom. The summed E-state index contributed by atoms with van der Waals surface area (Å²) in [6.45, 7) is 6.93. The molecule has 2 unspecified atom stereocenters. The van der Waals surface area contributed by atoms with E-state index in [1.807, 2.05) is 0 Å². The first-order valence-electron chi connectivity index (χ1n) is 7.00. The van der Waals surface area contributed by atoms with Crippen molar-refractivity contribution < 1.29 is 0 Å². The van der Waals surface area contributed by atoms with Gasteiger partial charge in [0.25, 0.3) is 0 Å². The van der Waals surface area contributed by atoms with E-state index in [1.165, 1.54) is 31.4 Å². The lowest BCUT2D eigenvalue weighted by molar-refractivity contribution is 0.169. The zero-order valence-corrected chi connectivity index (χ0v) is 11.2. The molecule has 1 N–H and O–H groups in total. The van der Waals surface area contributed by atoms with Crippen molar-refractivity contribution in [1.29, 1.82) is 0 Å². The van der Waals surface area contributed by atoms with Crippen molar-refractivity contribution in [3.63, 3.8) is 0 Å². The van der Waals surface area contributed by atoms with Crippen LogP contribution < -0.4 is 5.32 Å². The van der Waals surface area contributed by atoms with Gasteiger partial charge < -0.3 is 5.32 Å². The van der Waals surface area contributed by atoms with Crippen molar-refractivity contribution in [2.75, 3.05) is 13.1 Å². The molecule has 94 valence electrons. The fraction of sp³-hybridized carbons (Fsp3) is 0.625. The van der Waals surface area contributed by atoms with Crippen LogP contribution in [0.25, 0.3) is 0 Å². The van der Waals surface area contributed by atoms with Crippen molar-refractivity contribution >= 4 is 0 Å². The van der Waals surface area contributed by atoms with Gasteiger partial charge in [0, 0.05) is 0 Å². The van der Waals surface area contributed by atoms with Crippen LogP contribution in [0.3, 0.4) is 0 Å². The zero-order valence-electron chi connectivity index (χ0n) is 11.2. The quantitative estimate of drug-likeness (QED) is 0.790. The van der Waals surface area contributed by atoms with Crippen LogP contribution >= 0.6 is 0 Å². The van der Waals surface area contributed by atoms with E-state index in [1.54, 1.807) is 0 Å². The molecular formula is C16H25N. The van der Waals surface area contributed by atoms with Crippen molar-refractivity contribution in [3.8, 4) is 0 Å². The summed E-state index contributed by atoms with van der Waals surface area (Å²) in [5.41, 5.74) is 1.51. The largest absolute Gasteiger partial charge is 0.316 e. The lowest BCUT2D eigenvalue weighted by Crippen LogP contribution is -2.37. The molecule has 0 amide bonds. The molecule has 1 fully saturated rings. The van der Waals surface area contributed by atoms with Crippen LogP contribution in [-0.2, 0) is 6.42 Å². The Kier molecular flexibility index (Phi) is 4.61. The van der Waals surface area contributed by atoms with Gasteiger partial charge in [0.1, 0.15) is 0 Å². The fourth-order valence-corrected chi connectivity index (χ4v) is 2.65. The SMILES string of the molecule is CC(C)CNCC1CCC1Cc1ccccc1. The molecule has 1 aromatic rings. The molecule has 1 aliphatic rings. The summed E-state index contributed by atoms with van der Waals surface area (Å²) in [4.78, 5) is 0. The third-order valence-corrected chi connectivity index (χ3v) is 3.87.